The molecule has 0 saturated carbocycles. The van der Waals surface area contributed by atoms with Gasteiger partial charge in [0, 0.05) is 0 Å². The minimum absolute atomic E-state index is 0.0361. The molecule has 1 heterocycles. The molecule has 2 atom stereocenters. The van der Waals surface area contributed by atoms with Crippen molar-refractivity contribution in [1.82, 2.24) is 0 Å². The summed E-state index contributed by atoms with van der Waals surface area (Å²) in [6.45, 7) is 3.44. The van der Waals surface area contributed by atoms with Crippen LogP contribution < -0.4 is 9.47 Å². The van der Waals surface area contributed by atoms with E-state index in [1.54, 1.807) is 6.92 Å². The van der Waals surface area contributed by atoms with E-state index in [0.29, 0.717) is 6.42 Å². The van der Waals surface area contributed by atoms with Crippen molar-refractivity contribution in [3.63, 3.8) is 0 Å². The van der Waals surface area contributed by atoms with Crippen LogP contribution in [-0.4, -0.2) is 25.4 Å². The van der Waals surface area contributed by atoms with E-state index >= 15 is 0 Å². The van der Waals surface area contributed by atoms with Gasteiger partial charge in [0.25, 0.3) is 6.43 Å². The highest BCUT2D eigenvalue weighted by atomic mass is 19.3. The first-order chi connectivity index (χ1) is 13.3. The number of hydrogen-bond donors (Lipinski definition) is 0. The van der Waals surface area contributed by atoms with Crippen molar-refractivity contribution in [2.24, 2.45) is 5.92 Å². The fourth-order valence-corrected chi connectivity index (χ4v) is 3.27. The molecule has 8 heteroatoms. The normalized spacial score (nSPS) is 20.4. The van der Waals surface area contributed by atoms with Crippen molar-refractivity contribution >= 4 is 0 Å². The van der Waals surface area contributed by atoms with Gasteiger partial charge >= 0.3 is 6.11 Å². The highest BCUT2D eigenvalue weighted by molar-refractivity contribution is 5.43. The standard InChI is InChI=1S/C20H27F5O3/c1-3-5-6-7-14-9-8-13(12-27-14)20(24,25)28-16-11-10-15(26-4-2)17(18(16)21)19(22)23/h10-11,13-14,19H,3-9,12H2,1-2H3. The predicted octanol–water partition coefficient (Wildman–Crippen LogP) is 6.51. The van der Waals surface area contributed by atoms with Crippen molar-refractivity contribution < 1.29 is 36.2 Å². The van der Waals surface area contributed by atoms with Crippen molar-refractivity contribution in [2.75, 3.05) is 13.2 Å². The van der Waals surface area contributed by atoms with Crippen LogP contribution >= 0.6 is 0 Å². The van der Waals surface area contributed by atoms with Gasteiger partial charge in [0.15, 0.2) is 11.6 Å². The Morgan fingerprint density at radius 2 is 1.86 bits per heavy atom. The Hall–Kier alpha value is -1.57. The molecular weight excluding hydrogens is 383 g/mol. The van der Waals surface area contributed by atoms with Gasteiger partial charge in [0.2, 0.25) is 0 Å². The Kier molecular flexibility index (Phi) is 8.34. The molecule has 28 heavy (non-hydrogen) atoms. The summed E-state index contributed by atoms with van der Waals surface area (Å²) in [5.41, 5.74) is -1.08. The molecule has 0 bridgehead atoms. The average molecular weight is 410 g/mol. The van der Waals surface area contributed by atoms with Crippen LogP contribution in [0, 0.1) is 11.7 Å². The monoisotopic (exact) mass is 410 g/mol. The van der Waals surface area contributed by atoms with Gasteiger partial charge in [-0.1, -0.05) is 26.2 Å². The van der Waals surface area contributed by atoms with Gasteiger partial charge in [-0.05, 0) is 38.3 Å². The number of alkyl halides is 4. The maximum atomic E-state index is 14.5. The van der Waals surface area contributed by atoms with E-state index < -0.39 is 35.6 Å². The second-order valence-electron chi connectivity index (χ2n) is 6.91. The van der Waals surface area contributed by atoms with Gasteiger partial charge in [-0.2, -0.15) is 8.78 Å². The van der Waals surface area contributed by atoms with Gasteiger partial charge in [-0.3, -0.25) is 0 Å². The summed E-state index contributed by atoms with van der Waals surface area (Å²) in [5, 5.41) is 0. The van der Waals surface area contributed by atoms with Crippen molar-refractivity contribution in [3.8, 4) is 11.5 Å². The van der Waals surface area contributed by atoms with Crippen LogP contribution in [0.5, 0.6) is 11.5 Å². The summed E-state index contributed by atoms with van der Waals surface area (Å²) in [6, 6.07) is 1.90. The fraction of sp³-hybridized carbons (Fsp3) is 0.700. The zero-order valence-corrected chi connectivity index (χ0v) is 16.2. The first kappa shape index (κ1) is 22.7. The smallest absolute Gasteiger partial charge is 0.403 e. The van der Waals surface area contributed by atoms with Crippen LogP contribution in [0.2, 0.25) is 0 Å². The third kappa shape index (κ3) is 5.72. The minimum atomic E-state index is -3.73. The third-order valence-corrected chi connectivity index (χ3v) is 4.84. The molecular formula is C20H27F5O3. The van der Waals surface area contributed by atoms with E-state index in [1.165, 1.54) is 0 Å². The summed E-state index contributed by atoms with van der Waals surface area (Å²) in [5.74, 6) is -4.11. The van der Waals surface area contributed by atoms with Crippen LogP contribution in [0.4, 0.5) is 22.0 Å². The molecule has 0 amide bonds. The van der Waals surface area contributed by atoms with E-state index in [9.17, 15) is 22.0 Å². The highest BCUT2D eigenvalue weighted by Gasteiger charge is 2.45. The van der Waals surface area contributed by atoms with Crippen LogP contribution in [0.25, 0.3) is 0 Å². The number of ether oxygens (including phenoxy) is 3. The van der Waals surface area contributed by atoms with E-state index in [2.05, 4.69) is 11.7 Å². The minimum Gasteiger partial charge on any atom is -0.493 e. The van der Waals surface area contributed by atoms with Gasteiger partial charge in [-0.25, -0.2) is 13.2 Å². The Morgan fingerprint density at radius 1 is 1.14 bits per heavy atom. The first-order valence-electron chi connectivity index (χ1n) is 9.71. The van der Waals surface area contributed by atoms with Crippen LogP contribution in [0.15, 0.2) is 12.1 Å². The molecule has 1 aromatic rings. The molecule has 0 N–H and O–H groups in total. The van der Waals surface area contributed by atoms with E-state index in [4.69, 9.17) is 9.47 Å². The van der Waals surface area contributed by atoms with Crippen molar-refractivity contribution in [1.29, 1.82) is 0 Å². The number of benzene rings is 1. The Bertz CT molecular complexity index is 616. The number of unbranched alkanes of at least 4 members (excludes halogenated alkanes) is 2. The molecule has 3 nitrogen and oxygen atoms in total. The Balaban J connectivity index is 2.05. The van der Waals surface area contributed by atoms with Gasteiger partial charge in [0.1, 0.15) is 5.75 Å². The van der Waals surface area contributed by atoms with E-state index in [-0.39, 0.29) is 31.5 Å². The van der Waals surface area contributed by atoms with Crippen molar-refractivity contribution in [2.45, 2.75) is 71.0 Å². The lowest BCUT2D eigenvalue weighted by Gasteiger charge is -2.33. The molecule has 1 aliphatic rings. The molecule has 0 aliphatic carbocycles. The summed E-state index contributed by atoms with van der Waals surface area (Å²) >= 11 is 0. The molecule has 0 aromatic heterocycles. The van der Waals surface area contributed by atoms with Crippen LogP contribution in [0.1, 0.15) is 64.4 Å². The lowest BCUT2D eigenvalue weighted by atomic mass is 9.95. The summed E-state index contributed by atoms with van der Waals surface area (Å²) < 4.78 is 84.7. The Labute approximate surface area is 162 Å². The largest absolute Gasteiger partial charge is 0.493 e. The molecule has 1 aliphatic heterocycles. The number of halogens is 5. The second-order valence-corrected chi connectivity index (χ2v) is 6.91. The van der Waals surface area contributed by atoms with Crippen LogP contribution in [-0.2, 0) is 4.74 Å². The quantitative estimate of drug-likeness (QED) is 0.325. The molecule has 1 saturated heterocycles. The molecule has 2 rings (SSSR count). The van der Waals surface area contributed by atoms with Gasteiger partial charge < -0.3 is 14.2 Å². The molecule has 0 spiro atoms. The maximum absolute atomic E-state index is 14.5. The molecule has 1 fully saturated rings. The zero-order chi connectivity index (χ0) is 20.7. The summed E-state index contributed by atoms with van der Waals surface area (Å²) in [4.78, 5) is 0. The maximum Gasteiger partial charge on any atom is 0.403 e. The fourth-order valence-electron chi connectivity index (χ4n) is 3.27. The number of rotatable bonds is 10. The number of hydrogen-bond acceptors (Lipinski definition) is 3. The molecule has 160 valence electrons. The van der Waals surface area contributed by atoms with Crippen LogP contribution in [0.3, 0.4) is 0 Å². The highest BCUT2D eigenvalue weighted by Crippen LogP contribution is 2.41. The summed E-state index contributed by atoms with van der Waals surface area (Å²) in [6.07, 6.45) is -2.48. The second kappa shape index (κ2) is 10.3. The topological polar surface area (TPSA) is 27.7 Å². The van der Waals surface area contributed by atoms with Gasteiger partial charge in [0.05, 0.1) is 30.8 Å². The SMILES string of the molecule is CCCCCC1CCC(C(F)(F)Oc2ccc(OCC)c(C(F)F)c2F)CO1. The van der Waals surface area contributed by atoms with E-state index in [0.717, 1.165) is 37.8 Å². The lowest BCUT2D eigenvalue weighted by Crippen LogP contribution is -2.41. The Morgan fingerprint density at radius 3 is 2.43 bits per heavy atom. The third-order valence-electron chi connectivity index (χ3n) is 4.84. The lowest BCUT2D eigenvalue weighted by molar-refractivity contribution is -0.242. The molecule has 2 unspecified atom stereocenters. The van der Waals surface area contributed by atoms with Gasteiger partial charge in [-0.15, -0.1) is 0 Å². The zero-order valence-electron chi connectivity index (χ0n) is 16.2. The average Bonchev–Trinajstić information content (AvgIpc) is 2.64. The summed E-state index contributed by atoms with van der Waals surface area (Å²) in [7, 11) is 0. The van der Waals surface area contributed by atoms with Crippen molar-refractivity contribution in [3.05, 3.63) is 23.5 Å². The molecule has 0 radical (unpaired) electrons. The predicted molar refractivity (Wildman–Crippen MR) is 94.7 cm³/mol. The first-order valence-corrected chi connectivity index (χ1v) is 9.71. The van der Waals surface area contributed by atoms with E-state index in [1.807, 2.05) is 0 Å². The molecule has 1 aromatic carbocycles.